The Morgan fingerprint density at radius 2 is 1.89 bits per heavy atom. The lowest BCUT2D eigenvalue weighted by molar-refractivity contribution is -0.166. The molecule has 0 aliphatic carbocycles. The van der Waals surface area contributed by atoms with E-state index in [1.54, 1.807) is 7.11 Å². The summed E-state index contributed by atoms with van der Waals surface area (Å²) in [5.41, 5.74) is 0. The van der Waals surface area contributed by atoms with Gasteiger partial charge in [-0.1, -0.05) is 0 Å². The fraction of sp³-hybridized carbons (Fsp3) is 0.833. The SMILES string of the molecule is COCCCCC(=O)OC(C)C(=O)OCCCO. The summed E-state index contributed by atoms with van der Waals surface area (Å²) in [6.45, 7) is 2.16. The minimum atomic E-state index is -0.904. The van der Waals surface area contributed by atoms with Gasteiger partial charge in [0.15, 0.2) is 6.10 Å². The monoisotopic (exact) mass is 262 g/mol. The first kappa shape index (κ1) is 16.9. The molecule has 0 radical (unpaired) electrons. The highest BCUT2D eigenvalue weighted by Crippen LogP contribution is 2.02. The van der Waals surface area contributed by atoms with Crippen LogP contribution in [0.1, 0.15) is 32.6 Å². The van der Waals surface area contributed by atoms with E-state index in [9.17, 15) is 9.59 Å². The Kier molecular flexibility index (Phi) is 10.3. The van der Waals surface area contributed by atoms with E-state index in [2.05, 4.69) is 0 Å². The van der Waals surface area contributed by atoms with E-state index in [-0.39, 0.29) is 19.6 Å². The van der Waals surface area contributed by atoms with Gasteiger partial charge >= 0.3 is 11.9 Å². The van der Waals surface area contributed by atoms with Crippen molar-refractivity contribution in [3.63, 3.8) is 0 Å². The molecule has 0 rings (SSSR count). The van der Waals surface area contributed by atoms with Crippen molar-refractivity contribution < 1.29 is 28.9 Å². The molecule has 0 aromatic carbocycles. The molecule has 1 atom stereocenters. The molecule has 1 N–H and O–H groups in total. The first-order chi connectivity index (χ1) is 8.61. The molecule has 18 heavy (non-hydrogen) atoms. The number of aliphatic hydroxyl groups excluding tert-OH is 1. The van der Waals surface area contributed by atoms with Gasteiger partial charge in [-0.3, -0.25) is 4.79 Å². The van der Waals surface area contributed by atoms with Crippen molar-refractivity contribution in [2.45, 2.75) is 38.7 Å². The largest absolute Gasteiger partial charge is 0.463 e. The van der Waals surface area contributed by atoms with Gasteiger partial charge in [-0.2, -0.15) is 0 Å². The van der Waals surface area contributed by atoms with Gasteiger partial charge in [-0.15, -0.1) is 0 Å². The molecule has 0 spiro atoms. The summed E-state index contributed by atoms with van der Waals surface area (Å²) < 4.78 is 14.5. The third-order valence-corrected chi connectivity index (χ3v) is 2.17. The van der Waals surface area contributed by atoms with E-state index in [4.69, 9.17) is 19.3 Å². The van der Waals surface area contributed by atoms with Gasteiger partial charge in [-0.05, 0) is 19.8 Å². The number of carbonyl (C=O) groups excluding carboxylic acids is 2. The molecule has 0 saturated heterocycles. The predicted molar refractivity (Wildman–Crippen MR) is 63.9 cm³/mol. The first-order valence-corrected chi connectivity index (χ1v) is 6.07. The number of rotatable bonds is 10. The Morgan fingerprint density at radius 3 is 2.50 bits per heavy atom. The zero-order valence-electron chi connectivity index (χ0n) is 11.0. The lowest BCUT2D eigenvalue weighted by Crippen LogP contribution is -2.26. The average molecular weight is 262 g/mol. The van der Waals surface area contributed by atoms with Crippen LogP contribution in [0.3, 0.4) is 0 Å². The maximum absolute atomic E-state index is 11.3. The Labute approximate surface area is 107 Å². The Hall–Kier alpha value is -1.14. The lowest BCUT2D eigenvalue weighted by atomic mass is 10.2. The van der Waals surface area contributed by atoms with Crippen molar-refractivity contribution in [1.82, 2.24) is 0 Å². The second kappa shape index (κ2) is 11.0. The van der Waals surface area contributed by atoms with Gasteiger partial charge in [0.25, 0.3) is 0 Å². The molecule has 0 aliphatic heterocycles. The maximum atomic E-state index is 11.3. The summed E-state index contributed by atoms with van der Waals surface area (Å²) in [7, 11) is 1.60. The minimum absolute atomic E-state index is 0.0407. The molecule has 0 bridgehead atoms. The third kappa shape index (κ3) is 8.95. The van der Waals surface area contributed by atoms with Crippen LogP contribution in [0.25, 0.3) is 0 Å². The van der Waals surface area contributed by atoms with Crippen LogP contribution >= 0.6 is 0 Å². The van der Waals surface area contributed by atoms with Crippen LogP contribution < -0.4 is 0 Å². The van der Waals surface area contributed by atoms with E-state index in [1.807, 2.05) is 0 Å². The second-order valence-corrected chi connectivity index (χ2v) is 3.83. The fourth-order valence-corrected chi connectivity index (χ4v) is 1.17. The van der Waals surface area contributed by atoms with Crippen molar-refractivity contribution in [3.8, 4) is 0 Å². The van der Waals surface area contributed by atoms with Gasteiger partial charge in [0.1, 0.15) is 0 Å². The molecule has 0 saturated carbocycles. The molecule has 6 nitrogen and oxygen atoms in total. The zero-order valence-corrected chi connectivity index (χ0v) is 11.0. The van der Waals surface area contributed by atoms with E-state index >= 15 is 0 Å². The van der Waals surface area contributed by atoms with E-state index in [0.29, 0.717) is 19.4 Å². The molecule has 1 unspecified atom stereocenters. The standard InChI is InChI=1S/C12H22O6/c1-10(12(15)17-9-5-7-13)18-11(14)6-3-4-8-16-2/h10,13H,3-9H2,1-2H3. The minimum Gasteiger partial charge on any atom is -0.463 e. The van der Waals surface area contributed by atoms with E-state index in [0.717, 1.165) is 6.42 Å². The van der Waals surface area contributed by atoms with Crippen molar-refractivity contribution >= 4 is 11.9 Å². The highest BCUT2D eigenvalue weighted by atomic mass is 16.6. The van der Waals surface area contributed by atoms with Crippen LogP contribution in [-0.2, 0) is 23.8 Å². The van der Waals surface area contributed by atoms with Crippen molar-refractivity contribution in [3.05, 3.63) is 0 Å². The number of ether oxygens (including phenoxy) is 3. The molecule has 0 aromatic rings. The summed E-state index contributed by atoms with van der Waals surface area (Å²) in [5, 5.41) is 8.52. The Balaban J connectivity index is 3.68. The molecule has 0 aliphatic rings. The van der Waals surface area contributed by atoms with Gasteiger partial charge in [-0.25, -0.2) is 4.79 Å². The van der Waals surface area contributed by atoms with Gasteiger partial charge in [0.05, 0.1) is 6.61 Å². The fourth-order valence-electron chi connectivity index (χ4n) is 1.17. The molecule has 0 heterocycles. The Bertz CT molecular complexity index is 241. The summed E-state index contributed by atoms with van der Waals surface area (Å²) >= 11 is 0. The average Bonchev–Trinajstić information content (AvgIpc) is 2.34. The molecule has 106 valence electrons. The van der Waals surface area contributed by atoms with Crippen LogP contribution in [0.2, 0.25) is 0 Å². The number of methoxy groups -OCH3 is 1. The number of hydrogen-bond acceptors (Lipinski definition) is 6. The first-order valence-electron chi connectivity index (χ1n) is 6.07. The summed E-state index contributed by atoms with van der Waals surface area (Å²) in [4.78, 5) is 22.7. The molecular formula is C12H22O6. The predicted octanol–water partition coefficient (Wildman–Crippen LogP) is 0.660. The molecule has 0 aromatic heterocycles. The molecule has 0 fully saturated rings. The third-order valence-electron chi connectivity index (χ3n) is 2.17. The van der Waals surface area contributed by atoms with Gasteiger partial charge in [0, 0.05) is 33.2 Å². The molecule has 0 amide bonds. The summed E-state index contributed by atoms with van der Waals surface area (Å²) in [5.74, 6) is -1.01. The summed E-state index contributed by atoms with van der Waals surface area (Å²) in [6, 6.07) is 0. The van der Waals surface area contributed by atoms with Crippen LogP contribution in [0.5, 0.6) is 0 Å². The van der Waals surface area contributed by atoms with Crippen LogP contribution in [0.4, 0.5) is 0 Å². The maximum Gasteiger partial charge on any atom is 0.347 e. The molecular weight excluding hydrogens is 240 g/mol. The van der Waals surface area contributed by atoms with Crippen molar-refractivity contribution in [2.24, 2.45) is 0 Å². The number of hydrogen-bond donors (Lipinski definition) is 1. The van der Waals surface area contributed by atoms with Crippen LogP contribution in [0, 0.1) is 0 Å². The van der Waals surface area contributed by atoms with Crippen LogP contribution in [-0.4, -0.2) is 50.1 Å². The molecule has 6 heteroatoms. The van der Waals surface area contributed by atoms with Gasteiger partial charge < -0.3 is 19.3 Å². The highest BCUT2D eigenvalue weighted by molar-refractivity contribution is 5.78. The number of esters is 2. The normalized spacial score (nSPS) is 11.9. The smallest absolute Gasteiger partial charge is 0.347 e. The quantitative estimate of drug-likeness (QED) is 0.460. The summed E-state index contributed by atoms with van der Waals surface area (Å²) in [6.07, 6.45) is 1.18. The lowest BCUT2D eigenvalue weighted by Gasteiger charge is -2.12. The highest BCUT2D eigenvalue weighted by Gasteiger charge is 2.18. The van der Waals surface area contributed by atoms with Crippen molar-refractivity contribution in [2.75, 3.05) is 26.9 Å². The van der Waals surface area contributed by atoms with Crippen molar-refractivity contribution in [1.29, 1.82) is 0 Å². The Morgan fingerprint density at radius 1 is 1.17 bits per heavy atom. The van der Waals surface area contributed by atoms with Gasteiger partial charge in [0.2, 0.25) is 0 Å². The number of carbonyl (C=O) groups is 2. The number of aliphatic hydroxyl groups is 1. The number of unbranched alkanes of at least 4 members (excludes halogenated alkanes) is 1. The zero-order chi connectivity index (χ0) is 13.8. The van der Waals surface area contributed by atoms with E-state index < -0.39 is 18.0 Å². The van der Waals surface area contributed by atoms with Crippen LogP contribution in [0.15, 0.2) is 0 Å². The second-order valence-electron chi connectivity index (χ2n) is 3.83. The topological polar surface area (TPSA) is 82.1 Å². The van der Waals surface area contributed by atoms with E-state index in [1.165, 1.54) is 6.92 Å².